The second-order valence-corrected chi connectivity index (χ2v) is 3.46. The van der Waals surface area contributed by atoms with E-state index in [1.54, 1.807) is 0 Å². The van der Waals surface area contributed by atoms with Crippen LogP contribution < -0.4 is 5.32 Å². The van der Waals surface area contributed by atoms with E-state index in [-0.39, 0.29) is 5.91 Å². The van der Waals surface area contributed by atoms with Gasteiger partial charge in [0.05, 0.1) is 0 Å². The van der Waals surface area contributed by atoms with Crippen molar-refractivity contribution in [1.82, 2.24) is 10.2 Å². The first-order valence-corrected chi connectivity index (χ1v) is 4.36. The van der Waals surface area contributed by atoms with E-state index in [4.69, 9.17) is 0 Å². The van der Waals surface area contributed by atoms with Crippen molar-refractivity contribution in [2.75, 3.05) is 19.6 Å². The number of piperidine rings is 1. The zero-order valence-corrected chi connectivity index (χ0v) is 6.68. The van der Waals surface area contributed by atoms with Crippen molar-refractivity contribution in [3.63, 3.8) is 0 Å². The molecule has 2 atom stereocenters. The van der Waals surface area contributed by atoms with Gasteiger partial charge in [0.1, 0.15) is 0 Å². The molecule has 2 aliphatic rings. The van der Waals surface area contributed by atoms with Gasteiger partial charge >= 0.3 is 0 Å². The quantitative estimate of drug-likeness (QED) is 0.531. The number of nitrogens with one attached hydrogen (secondary N) is 1. The minimum absolute atomic E-state index is 0.236. The van der Waals surface area contributed by atoms with Crippen molar-refractivity contribution in [2.24, 2.45) is 0 Å². The van der Waals surface area contributed by atoms with E-state index in [0.717, 1.165) is 13.1 Å². The van der Waals surface area contributed by atoms with Crippen LogP contribution in [0.3, 0.4) is 0 Å². The summed E-state index contributed by atoms with van der Waals surface area (Å²) in [6, 6.07) is 0.443. The van der Waals surface area contributed by atoms with Gasteiger partial charge in [-0.2, -0.15) is 0 Å². The molecule has 0 aromatic rings. The van der Waals surface area contributed by atoms with Crippen molar-refractivity contribution in [2.45, 2.75) is 25.3 Å². The Kier molecular flexibility index (Phi) is 1.82. The summed E-state index contributed by atoms with van der Waals surface area (Å²) in [6.45, 7) is 3.22. The fraction of sp³-hybridized carbons (Fsp3) is 0.875. The molecular weight excluding hydrogens is 140 g/mol. The topological polar surface area (TPSA) is 32.3 Å². The van der Waals surface area contributed by atoms with Crippen molar-refractivity contribution >= 4 is 5.91 Å². The summed E-state index contributed by atoms with van der Waals surface area (Å²) in [5.41, 5.74) is 0. The molecule has 2 rings (SSSR count). The molecule has 11 heavy (non-hydrogen) atoms. The van der Waals surface area contributed by atoms with E-state index in [2.05, 4.69) is 10.2 Å². The zero-order chi connectivity index (χ0) is 7.68. The van der Waals surface area contributed by atoms with E-state index in [0.29, 0.717) is 12.5 Å². The first kappa shape index (κ1) is 7.10. The third-order valence-corrected chi connectivity index (χ3v) is 2.53. The maximum Gasteiger partial charge on any atom is 0.221 e. The molecule has 0 aromatic carbocycles. The number of hydrogen-bond donors (Lipinski definition) is 1. The van der Waals surface area contributed by atoms with Crippen LogP contribution >= 0.6 is 0 Å². The Balaban J connectivity index is 2.04. The van der Waals surface area contributed by atoms with E-state index >= 15 is 0 Å². The van der Waals surface area contributed by atoms with Gasteiger partial charge in [-0.15, -0.1) is 0 Å². The highest BCUT2D eigenvalue weighted by molar-refractivity contribution is 5.76. The van der Waals surface area contributed by atoms with Crippen molar-refractivity contribution in [3.8, 4) is 0 Å². The standard InChI is InChI=1S/C8H14N2O/c11-8-3-5-10-4-1-2-7(6-10)9-8/h7H,1-6H2,(H,9,11). The van der Waals surface area contributed by atoms with Crippen LogP contribution in [0.15, 0.2) is 0 Å². The molecule has 0 saturated carbocycles. The molecule has 3 nitrogen and oxygen atoms in total. The number of carbonyl (C=O) groups is 1. The summed E-state index contributed by atoms with van der Waals surface area (Å²) in [4.78, 5) is 13.5. The van der Waals surface area contributed by atoms with E-state index < -0.39 is 0 Å². The molecule has 1 amide bonds. The lowest BCUT2D eigenvalue weighted by molar-refractivity contribution is -0.121. The summed E-state index contributed by atoms with van der Waals surface area (Å²) in [5.74, 6) is 0.236. The third-order valence-electron chi connectivity index (χ3n) is 2.53. The maximum absolute atomic E-state index is 11.1. The average molecular weight is 154 g/mol. The Hall–Kier alpha value is -0.570. The molecule has 1 N–H and O–H groups in total. The maximum atomic E-state index is 11.1. The predicted molar refractivity (Wildman–Crippen MR) is 42.2 cm³/mol. The molecule has 0 radical (unpaired) electrons. The van der Waals surface area contributed by atoms with Gasteiger partial charge in [-0.05, 0) is 19.4 Å². The summed E-state index contributed by atoms with van der Waals surface area (Å²) < 4.78 is 0. The van der Waals surface area contributed by atoms with Gasteiger partial charge in [-0.25, -0.2) is 0 Å². The number of carbonyl (C=O) groups excluding carboxylic acids is 1. The molecule has 2 heterocycles. The Morgan fingerprint density at radius 1 is 1.45 bits per heavy atom. The highest BCUT2D eigenvalue weighted by atomic mass is 16.1. The third kappa shape index (κ3) is 1.53. The van der Waals surface area contributed by atoms with Gasteiger partial charge in [-0.3, -0.25) is 4.79 Å². The lowest BCUT2D eigenvalue weighted by Crippen LogP contribution is -2.43. The molecule has 2 aliphatic heterocycles. The largest absolute Gasteiger partial charge is 0.352 e. The molecule has 0 spiro atoms. The monoisotopic (exact) mass is 154 g/mol. The first-order valence-electron chi connectivity index (χ1n) is 4.36. The Bertz CT molecular complexity index is 169. The molecule has 2 bridgehead atoms. The smallest absolute Gasteiger partial charge is 0.221 e. The minimum atomic E-state index is 0.236. The fourth-order valence-corrected chi connectivity index (χ4v) is 1.94. The predicted octanol–water partition coefficient (Wildman–Crippen LogP) is -0.0293. The van der Waals surface area contributed by atoms with Crippen molar-refractivity contribution in [1.29, 1.82) is 0 Å². The van der Waals surface area contributed by atoms with Crippen LogP contribution in [0.25, 0.3) is 0 Å². The summed E-state index contributed by atoms with van der Waals surface area (Å²) >= 11 is 0. The first-order chi connectivity index (χ1) is 5.34. The van der Waals surface area contributed by atoms with Crippen LogP contribution in [-0.4, -0.2) is 36.5 Å². The highest BCUT2D eigenvalue weighted by Crippen LogP contribution is 2.12. The van der Waals surface area contributed by atoms with Crippen LogP contribution in [0.2, 0.25) is 0 Å². The van der Waals surface area contributed by atoms with Gasteiger partial charge in [0, 0.05) is 25.6 Å². The number of amides is 1. The van der Waals surface area contributed by atoms with Crippen molar-refractivity contribution in [3.05, 3.63) is 0 Å². The van der Waals surface area contributed by atoms with Crippen LogP contribution in [-0.2, 0) is 4.79 Å². The molecule has 2 saturated heterocycles. The second kappa shape index (κ2) is 2.81. The summed E-state index contributed by atoms with van der Waals surface area (Å²) in [5, 5.41) is 3.03. The van der Waals surface area contributed by atoms with E-state index in [1.165, 1.54) is 19.4 Å². The van der Waals surface area contributed by atoms with Gasteiger partial charge in [0.15, 0.2) is 0 Å². The fourth-order valence-electron chi connectivity index (χ4n) is 1.94. The normalized spacial score (nSPS) is 37.6. The summed E-state index contributed by atoms with van der Waals surface area (Å²) in [6.07, 6.45) is 3.10. The van der Waals surface area contributed by atoms with Gasteiger partial charge < -0.3 is 10.2 Å². The van der Waals surface area contributed by atoms with E-state index in [1.807, 2.05) is 0 Å². The molecule has 62 valence electrons. The lowest BCUT2D eigenvalue weighted by atomic mass is 10.1. The van der Waals surface area contributed by atoms with Crippen LogP contribution in [0.1, 0.15) is 19.3 Å². The van der Waals surface area contributed by atoms with Crippen molar-refractivity contribution < 1.29 is 4.79 Å². The van der Waals surface area contributed by atoms with Gasteiger partial charge in [-0.1, -0.05) is 0 Å². The zero-order valence-electron chi connectivity index (χ0n) is 6.68. The number of nitrogens with zero attached hydrogens (tertiary/aromatic N) is 1. The molecule has 2 fully saturated rings. The van der Waals surface area contributed by atoms with Crippen LogP contribution in [0.5, 0.6) is 0 Å². The number of rotatable bonds is 0. The Morgan fingerprint density at radius 2 is 2.36 bits per heavy atom. The molecule has 2 unspecified atom stereocenters. The lowest BCUT2D eigenvalue weighted by Gasteiger charge is -2.29. The SMILES string of the molecule is O=C1CCN2CCCC(C2)N1. The molecule has 0 aromatic heterocycles. The minimum Gasteiger partial charge on any atom is -0.352 e. The van der Waals surface area contributed by atoms with Crippen LogP contribution in [0, 0.1) is 0 Å². The molecule has 0 aliphatic carbocycles. The molecular formula is C8H14N2O. The van der Waals surface area contributed by atoms with Gasteiger partial charge in [0.25, 0.3) is 0 Å². The average Bonchev–Trinajstić information content (AvgIpc) is 2.12. The van der Waals surface area contributed by atoms with Gasteiger partial charge in [0.2, 0.25) is 5.91 Å². The summed E-state index contributed by atoms with van der Waals surface area (Å²) in [7, 11) is 0. The van der Waals surface area contributed by atoms with E-state index in [9.17, 15) is 4.79 Å². The number of hydrogen-bond acceptors (Lipinski definition) is 2. The molecule has 3 heteroatoms. The number of fused-ring (bicyclic) bond motifs is 2. The Labute approximate surface area is 66.8 Å². The van der Waals surface area contributed by atoms with Crippen LogP contribution in [0.4, 0.5) is 0 Å². The Morgan fingerprint density at radius 3 is 3.27 bits per heavy atom. The second-order valence-electron chi connectivity index (χ2n) is 3.46. The highest BCUT2D eigenvalue weighted by Gasteiger charge is 2.24.